The van der Waals surface area contributed by atoms with Crippen LogP contribution >= 0.6 is 15.9 Å². The van der Waals surface area contributed by atoms with E-state index in [0.717, 1.165) is 19.4 Å². The van der Waals surface area contributed by atoms with Gasteiger partial charge in [-0.25, -0.2) is 0 Å². The summed E-state index contributed by atoms with van der Waals surface area (Å²) in [5.41, 5.74) is 0. The van der Waals surface area contributed by atoms with E-state index in [1.165, 1.54) is 0 Å². The third-order valence-corrected chi connectivity index (χ3v) is 3.00. The van der Waals surface area contributed by atoms with Crippen molar-refractivity contribution in [1.82, 2.24) is 4.90 Å². The van der Waals surface area contributed by atoms with Gasteiger partial charge in [0.2, 0.25) is 5.91 Å². The number of rotatable bonds is 4. The Balaban J connectivity index is 2.53. The second-order valence-corrected chi connectivity index (χ2v) is 4.77. The fourth-order valence-corrected chi connectivity index (χ4v) is 2.31. The Morgan fingerprint density at radius 1 is 1.77 bits per heavy atom. The Hall–Kier alpha value is -0.0900. The largest absolute Gasteiger partial charge is 0.394 e. The topological polar surface area (TPSA) is 40.5 Å². The van der Waals surface area contributed by atoms with Crippen molar-refractivity contribution in [2.75, 3.05) is 13.2 Å². The maximum atomic E-state index is 11.4. The van der Waals surface area contributed by atoms with Gasteiger partial charge in [0.15, 0.2) is 0 Å². The first kappa shape index (κ1) is 11.0. The fraction of sp³-hybridized carbons (Fsp3) is 0.889. The van der Waals surface area contributed by atoms with Gasteiger partial charge in [-0.05, 0) is 6.42 Å². The maximum absolute atomic E-state index is 11.4. The average molecular weight is 250 g/mol. The summed E-state index contributed by atoms with van der Waals surface area (Å²) in [6.45, 7) is 2.89. The van der Waals surface area contributed by atoms with E-state index >= 15 is 0 Å². The van der Waals surface area contributed by atoms with E-state index in [9.17, 15) is 4.79 Å². The summed E-state index contributed by atoms with van der Waals surface area (Å²) in [6.07, 6.45) is 2.46. The highest BCUT2D eigenvalue weighted by atomic mass is 79.9. The smallest absolute Gasteiger partial charge is 0.224 e. The van der Waals surface area contributed by atoms with Crippen molar-refractivity contribution in [3.8, 4) is 0 Å². The average Bonchev–Trinajstić information content (AvgIpc) is 2.41. The van der Waals surface area contributed by atoms with Gasteiger partial charge in [0, 0.05) is 17.8 Å². The van der Waals surface area contributed by atoms with E-state index in [0.29, 0.717) is 6.42 Å². The lowest BCUT2D eigenvalue weighted by molar-refractivity contribution is -0.130. The number of aliphatic hydroxyl groups is 1. The Bertz CT molecular complexity index is 186. The number of hydrogen-bond acceptors (Lipinski definition) is 2. The van der Waals surface area contributed by atoms with Crippen molar-refractivity contribution in [3.63, 3.8) is 0 Å². The molecule has 13 heavy (non-hydrogen) atoms. The number of aliphatic hydroxyl groups excluding tert-OH is 1. The van der Waals surface area contributed by atoms with E-state index in [2.05, 4.69) is 22.9 Å². The third-order valence-electron chi connectivity index (χ3n) is 2.38. The van der Waals surface area contributed by atoms with E-state index < -0.39 is 0 Å². The Morgan fingerprint density at radius 2 is 2.46 bits per heavy atom. The van der Waals surface area contributed by atoms with E-state index in [1.54, 1.807) is 4.90 Å². The molecule has 0 spiro atoms. The highest BCUT2D eigenvalue weighted by molar-refractivity contribution is 9.09. The quantitative estimate of drug-likeness (QED) is 0.760. The first-order valence-electron chi connectivity index (χ1n) is 4.73. The van der Waals surface area contributed by atoms with Crippen LogP contribution in [0.5, 0.6) is 0 Å². The summed E-state index contributed by atoms with van der Waals surface area (Å²) in [7, 11) is 0. The van der Waals surface area contributed by atoms with Gasteiger partial charge in [0.1, 0.15) is 0 Å². The van der Waals surface area contributed by atoms with Crippen molar-refractivity contribution < 1.29 is 9.90 Å². The number of nitrogens with zero attached hydrogens (tertiary/aromatic N) is 1. The molecule has 3 nitrogen and oxygen atoms in total. The van der Waals surface area contributed by atoms with E-state index in [4.69, 9.17) is 5.11 Å². The van der Waals surface area contributed by atoms with Crippen LogP contribution in [0.2, 0.25) is 0 Å². The standard InChI is InChI=1S/C9H16BrNO2/c1-2-3-8(6-12)11-5-7(10)4-9(11)13/h7-8,12H,2-6H2,1H3. The molecule has 1 heterocycles. The summed E-state index contributed by atoms with van der Waals surface area (Å²) in [5.74, 6) is 0.161. The normalized spacial score (nSPS) is 25.3. The van der Waals surface area contributed by atoms with Gasteiger partial charge in [-0.3, -0.25) is 4.79 Å². The molecule has 2 atom stereocenters. The minimum Gasteiger partial charge on any atom is -0.394 e. The molecule has 0 radical (unpaired) electrons. The second-order valence-electron chi connectivity index (χ2n) is 3.47. The van der Waals surface area contributed by atoms with Crippen LogP contribution in [0.25, 0.3) is 0 Å². The predicted molar refractivity (Wildman–Crippen MR) is 54.8 cm³/mol. The van der Waals surface area contributed by atoms with Gasteiger partial charge in [-0.15, -0.1) is 0 Å². The molecule has 1 amide bonds. The summed E-state index contributed by atoms with van der Waals surface area (Å²) < 4.78 is 0. The minimum absolute atomic E-state index is 0.0278. The summed E-state index contributed by atoms with van der Waals surface area (Å²) >= 11 is 3.42. The molecule has 0 aliphatic carbocycles. The fourth-order valence-electron chi connectivity index (χ4n) is 1.72. The molecule has 1 aliphatic heterocycles. The van der Waals surface area contributed by atoms with Crippen molar-refractivity contribution in [3.05, 3.63) is 0 Å². The van der Waals surface area contributed by atoms with Crippen LogP contribution < -0.4 is 0 Å². The molecule has 1 rings (SSSR count). The highest BCUT2D eigenvalue weighted by Crippen LogP contribution is 2.21. The zero-order valence-corrected chi connectivity index (χ0v) is 9.46. The Kier molecular flexibility index (Phi) is 4.19. The lowest BCUT2D eigenvalue weighted by atomic mass is 10.1. The van der Waals surface area contributed by atoms with Gasteiger partial charge in [0.05, 0.1) is 12.6 Å². The lowest BCUT2D eigenvalue weighted by Gasteiger charge is -2.25. The number of hydrogen-bond donors (Lipinski definition) is 1. The number of carbonyl (C=O) groups excluding carboxylic acids is 1. The second kappa shape index (κ2) is 4.96. The van der Waals surface area contributed by atoms with E-state index in [1.807, 2.05) is 0 Å². The number of likely N-dealkylation sites (tertiary alicyclic amines) is 1. The van der Waals surface area contributed by atoms with Gasteiger partial charge in [0.25, 0.3) is 0 Å². The van der Waals surface area contributed by atoms with Crippen LogP contribution in [-0.2, 0) is 4.79 Å². The number of halogens is 1. The highest BCUT2D eigenvalue weighted by Gasteiger charge is 2.32. The predicted octanol–water partition coefficient (Wildman–Crippen LogP) is 1.14. The van der Waals surface area contributed by atoms with Crippen LogP contribution in [0.4, 0.5) is 0 Å². The molecule has 0 aromatic carbocycles. The Morgan fingerprint density at radius 3 is 2.85 bits per heavy atom. The Labute approximate surface area is 87.2 Å². The molecule has 2 unspecified atom stereocenters. The first-order valence-corrected chi connectivity index (χ1v) is 5.65. The van der Waals surface area contributed by atoms with Crippen molar-refractivity contribution >= 4 is 21.8 Å². The van der Waals surface area contributed by atoms with Crippen molar-refractivity contribution in [2.24, 2.45) is 0 Å². The molecule has 1 saturated heterocycles. The molecule has 0 saturated carbocycles. The van der Waals surface area contributed by atoms with Crippen molar-refractivity contribution in [2.45, 2.75) is 37.1 Å². The molecule has 1 N–H and O–H groups in total. The SMILES string of the molecule is CCCC(CO)N1CC(Br)CC1=O. The first-order chi connectivity index (χ1) is 6.19. The molecule has 0 aromatic heterocycles. The van der Waals surface area contributed by atoms with Crippen LogP contribution in [0.1, 0.15) is 26.2 Å². The van der Waals surface area contributed by atoms with Crippen LogP contribution in [0, 0.1) is 0 Å². The summed E-state index contributed by atoms with van der Waals surface area (Å²) in [6, 6.07) is 0.0278. The number of amides is 1. The summed E-state index contributed by atoms with van der Waals surface area (Å²) in [5, 5.41) is 9.11. The van der Waals surface area contributed by atoms with Gasteiger partial charge in [-0.2, -0.15) is 0 Å². The molecule has 0 aromatic rings. The number of alkyl halides is 1. The number of carbonyl (C=O) groups is 1. The van der Waals surface area contributed by atoms with Crippen molar-refractivity contribution in [1.29, 1.82) is 0 Å². The van der Waals surface area contributed by atoms with Gasteiger partial charge in [-0.1, -0.05) is 29.3 Å². The molecule has 1 aliphatic rings. The third kappa shape index (κ3) is 2.68. The zero-order chi connectivity index (χ0) is 9.84. The van der Waals surface area contributed by atoms with Crippen LogP contribution in [0.3, 0.4) is 0 Å². The zero-order valence-electron chi connectivity index (χ0n) is 7.87. The molecule has 0 bridgehead atoms. The van der Waals surface area contributed by atoms with Crippen LogP contribution in [-0.4, -0.2) is 39.9 Å². The monoisotopic (exact) mass is 249 g/mol. The maximum Gasteiger partial charge on any atom is 0.224 e. The van der Waals surface area contributed by atoms with Gasteiger partial charge < -0.3 is 10.0 Å². The molecule has 76 valence electrons. The van der Waals surface area contributed by atoms with Gasteiger partial charge >= 0.3 is 0 Å². The molecule has 1 fully saturated rings. The minimum atomic E-state index is 0.0278. The molecule has 4 heteroatoms. The molecular formula is C9H16BrNO2. The van der Waals surface area contributed by atoms with Crippen LogP contribution in [0.15, 0.2) is 0 Å². The molecular weight excluding hydrogens is 234 g/mol. The summed E-state index contributed by atoms with van der Waals surface area (Å²) in [4.78, 5) is 13.5. The van der Waals surface area contributed by atoms with E-state index in [-0.39, 0.29) is 23.4 Å². The lowest BCUT2D eigenvalue weighted by Crippen LogP contribution is -2.39.